The first-order valence-electron chi connectivity index (χ1n) is 6.67. The van der Waals surface area contributed by atoms with E-state index in [4.69, 9.17) is 4.74 Å². The van der Waals surface area contributed by atoms with E-state index in [0.29, 0.717) is 12.2 Å². The molecule has 0 aliphatic rings. The average Bonchev–Trinajstić information content (AvgIpc) is 2.43. The first-order valence-corrected chi connectivity index (χ1v) is 6.67. The molecule has 0 radical (unpaired) electrons. The highest BCUT2D eigenvalue weighted by molar-refractivity contribution is 5.94. The van der Waals surface area contributed by atoms with Gasteiger partial charge in [0.2, 0.25) is 0 Å². The quantitative estimate of drug-likeness (QED) is 0.755. The van der Waals surface area contributed by atoms with E-state index in [-0.39, 0.29) is 11.9 Å². The van der Waals surface area contributed by atoms with Gasteiger partial charge in [-0.25, -0.2) is 4.98 Å². The molecule has 0 saturated carbocycles. The number of carbonyl (C=O) groups is 1. The number of pyridine rings is 1. The van der Waals surface area contributed by atoms with Crippen LogP contribution in [0.15, 0.2) is 18.3 Å². The highest BCUT2D eigenvalue weighted by Crippen LogP contribution is 2.07. The molecule has 1 aromatic rings. The predicted molar refractivity (Wildman–Crippen MR) is 76.4 cm³/mol. The molecule has 5 nitrogen and oxygen atoms in total. The van der Waals surface area contributed by atoms with Gasteiger partial charge in [0.05, 0.1) is 0 Å². The van der Waals surface area contributed by atoms with E-state index >= 15 is 0 Å². The molecule has 1 rings (SSSR count). The van der Waals surface area contributed by atoms with Gasteiger partial charge in [-0.3, -0.25) is 4.79 Å². The van der Waals surface area contributed by atoms with Crippen molar-refractivity contribution in [1.82, 2.24) is 10.3 Å². The summed E-state index contributed by atoms with van der Waals surface area (Å²) in [4.78, 5) is 16.2. The zero-order valence-corrected chi connectivity index (χ0v) is 11.9. The second-order valence-electron chi connectivity index (χ2n) is 4.51. The first-order chi connectivity index (χ1) is 9.17. The summed E-state index contributed by atoms with van der Waals surface area (Å²) in [5, 5.41) is 6.11. The molecule has 1 amide bonds. The van der Waals surface area contributed by atoms with E-state index in [1.165, 1.54) is 0 Å². The average molecular weight is 265 g/mol. The van der Waals surface area contributed by atoms with Crippen molar-refractivity contribution in [2.75, 3.05) is 25.6 Å². The molecular weight excluding hydrogens is 242 g/mol. The lowest BCUT2D eigenvalue weighted by Crippen LogP contribution is -2.33. The smallest absolute Gasteiger partial charge is 0.251 e. The lowest BCUT2D eigenvalue weighted by molar-refractivity contribution is 0.0929. The Morgan fingerprint density at radius 1 is 1.53 bits per heavy atom. The van der Waals surface area contributed by atoms with Crippen molar-refractivity contribution in [1.29, 1.82) is 0 Å². The molecule has 2 N–H and O–H groups in total. The van der Waals surface area contributed by atoms with Gasteiger partial charge in [-0.1, -0.05) is 6.92 Å². The van der Waals surface area contributed by atoms with Gasteiger partial charge in [-0.2, -0.15) is 0 Å². The lowest BCUT2D eigenvalue weighted by Gasteiger charge is -2.13. The standard InChI is InChI=1S/C14H23N3O2/c1-4-7-15-13-10-12(5-8-16-13)14(18)17-11(2)6-9-19-3/h5,8,10-11H,4,6-7,9H2,1-3H3,(H,15,16)(H,17,18). The van der Waals surface area contributed by atoms with Gasteiger partial charge in [0, 0.05) is 38.1 Å². The summed E-state index contributed by atoms with van der Waals surface area (Å²) in [5.74, 6) is 0.657. The van der Waals surface area contributed by atoms with Crippen LogP contribution in [0.1, 0.15) is 37.0 Å². The summed E-state index contributed by atoms with van der Waals surface area (Å²) in [7, 11) is 1.66. The Hall–Kier alpha value is -1.62. The van der Waals surface area contributed by atoms with Gasteiger partial charge in [-0.15, -0.1) is 0 Å². The maximum atomic E-state index is 12.0. The lowest BCUT2D eigenvalue weighted by atomic mass is 10.2. The largest absolute Gasteiger partial charge is 0.385 e. The highest BCUT2D eigenvalue weighted by atomic mass is 16.5. The molecular formula is C14H23N3O2. The van der Waals surface area contributed by atoms with Crippen LogP contribution in [0, 0.1) is 0 Å². The molecule has 0 aliphatic heterocycles. The van der Waals surface area contributed by atoms with E-state index < -0.39 is 0 Å². The molecule has 5 heteroatoms. The monoisotopic (exact) mass is 265 g/mol. The van der Waals surface area contributed by atoms with Gasteiger partial charge in [0.1, 0.15) is 5.82 Å². The van der Waals surface area contributed by atoms with Crippen molar-refractivity contribution in [2.45, 2.75) is 32.7 Å². The number of aromatic nitrogens is 1. The number of amides is 1. The van der Waals surface area contributed by atoms with Gasteiger partial charge < -0.3 is 15.4 Å². The minimum atomic E-state index is -0.0782. The Labute approximate surface area is 114 Å². The third kappa shape index (κ3) is 5.70. The highest BCUT2D eigenvalue weighted by Gasteiger charge is 2.10. The van der Waals surface area contributed by atoms with Gasteiger partial charge in [0.15, 0.2) is 0 Å². The normalized spacial score (nSPS) is 11.9. The molecule has 106 valence electrons. The Kier molecular flexibility index (Phi) is 6.89. The van der Waals surface area contributed by atoms with Crippen molar-refractivity contribution in [3.05, 3.63) is 23.9 Å². The van der Waals surface area contributed by atoms with E-state index in [9.17, 15) is 4.79 Å². The zero-order chi connectivity index (χ0) is 14.1. The van der Waals surface area contributed by atoms with Crippen LogP contribution < -0.4 is 10.6 Å². The molecule has 1 atom stereocenters. The van der Waals surface area contributed by atoms with Crippen molar-refractivity contribution < 1.29 is 9.53 Å². The minimum Gasteiger partial charge on any atom is -0.385 e. The molecule has 0 aromatic carbocycles. The number of anilines is 1. The Morgan fingerprint density at radius 2 is 2.32 bits per heavy atom. The second kappa shape index (κ2) is 8.48. The number of methoxy groups -OCH3 is 1. The summed E-state index contributed by atoms with van der Waals surface area (Å²) in [5.41, 5.74) is 0.623. The number of hydrogen-bond donors (Lipinski definition) is 2. The number of carbonyl (C=O) groups excluding carboxylic acids is 1. The van der Waals surface area contributed by atoms with Crippen molar-refractivity contribution in [2.24, 2.45) is 0 Å². The first kappa shape index (κ1) is 15.4. The summed E-state index contributed by atoms with van der Waals surface area (Å²) in [6, 6.07) is 3.58. The van der Waals surface area contributed by atoms with Crippen molar-refractivity contribution >= 4 is 11.7 Å². The van der Waals surface area contributed by atoms with E-state index in [1.54, 1.807) is 25.4 Å². The van der Waals surface area contributed by atoms with Gasteiger partial charge >= 0.3 is 0 Å². The van der Waals surface area contributed by atoms with Gasteiger partial charge in [0.25, 0.3) is 5.91 Å². The third-order valence-electron chi connectivity index (χ3n) is 2.71. The van der Waals surface area contributed by atoms with Crippen LogP contribution in [0.25, 0.3) is 0 Å². The van der Waals surface area contributed by atoms with Crippen LogP contribution in [0.3, 0.4) is 0 Å². The predicted octanol–water partition coefficient (Wildman–Crippen LogP) is 2.06. The van der Waals surface area contributed by atoms with E-state index in [1.807, 2.05) is 6.92 Å². The zero-order valence-electron chi connectivity index (χ0n) is 11.9. The van der Waals surface area contributed by atoms with Crippen LogP contribution in [0.2, 0.25) is 0 Å². The molecule has 1 heterocycles. The summed E-state index contributed by atoms with van der Waals surface area (Å²) >= 11 is 0. The maximum absolute atomic E-state index is 12.0. The Bertz CT molecular complexity index is 396. The third-order valence-corrected chi connectivity index (χ3v) is 2.71. The molecule has 19 heavy (non-hydrogen) atoms. The Balaban J connectivity index is 2.56. The summed E-state index contributed by atoms with van der Waals surface area (Å²) in [6.07, 6.45) is 3.47. The maximum Gasteiger partial charge on any atom is 0.251 e. The Morgan fingerprint density at radius 3 is 3.00 bits per heavy atom. The number of nitrogens with zero attached hydrogens (tertiary/aromatic N) is 1. The van der Waals surface area contributed by atoms with E-state index in [0.717, 1.165) is 25.2 Å². The topological polar surface area (TPSA) is 63.2 Å². The molecule has 0 spiro atoms. The van der Waals surface area contributed by atoms with Crippen LogP contribution >= 0.6 is 0 Å². The fraction of sp³-hybridized carbons (Fsp3) is 0.571. The number of rotatable bonds is 8. The summed E-state index contributed by atoms with van der Waals surface area (Å²) < 4.78 is 4.99. The molecule has 1 unspecified atom stereocenters. The molecule has 0 bridgehead atoms. The van der Waals surface area contributed by atoms with Crippen LogP contribution in [-0.4, -0.2) is 37.2 Å². The molecule has 1 aromatic heterocycles. The molecule has 0 aliphatic carbocycles. The fourth-order valence-electron chi connectivity index (χ4n) is 1.60. The van der Waals surface area contributed by atoms with E-state index in [2.05, 4.69) is 22.5 Å². The fourth-order valence-corrected chi connectivity index (χ4v) is 1.60. The molecule has 0 fully saturated rings. The van der Waals surface area contributed by atoms with Crippen LogP contribution in [0.5, 0.6) is 0 Å². The minimum absolute atomic E-state index is 0.0782. The van der Waals surface area contributed by atoms with Crippen LogP contribution in [-0.2, 0) is 4.74 Å². The van der Waals surface area contributed by atoms with Crippen molar-refractivity contribution in [3.8, 4) is 0 Å². The summed E-state index contributed by atoms with van der Waals surface area (Å²) in [6.45, 7) is 5.54. The van der Waals surface area contributed by atoms with Crippen molar-refractivity contribution in [3.63, 3.8) is 0 Å². The van der Waals surface area contributed by atoms with Gasteiger partial charge in [-0.05, 0) is 31.9 Å². The number of ether oxygens (including phenoxy) is 1. The molecule has 0 saturated heterocycles. The number of hydrogen-bond acceptors (Lipinski definition) is 4. The SMILES string of the molecule is CCCNc1cc(C(=O)NC(C)CCOC)ccn1. The number of nitrogens with one attached hydrogen (secondary N) is 2. The van der Waals surface area contributed by atoms with Crippen LogP contribution in [0.4, 0.5) is 5.82 Å². The second-order valence-corrected chi connectivity index (χ2v) is 4.51.